The minimum atomic E-state index is -1.03. The third-order valence-corrected chi connectivity index (χ3v) is 3.57. The topological polar surface area (TPSA) is 20.3 Å². The molecule has 0 radical (unpaired) electrons. The van der Waals surface area contributed by atoms with Gasteiger partial charge >= 0.3 is 0 Å². The van der Waals surface area contributed by atoms with Gasteiger partial charge < -0.3 is 4.90 Å². The average Bonchev–Trinajstić information content (AvgIpc) is 2.36. The van der Waals surface area contributed by atoms with Crippen LogP contribution in [0, 0.1) is 18.6 Å². The molecule has 0 saturated carbocycles. The monoisotopic (exact) mass is 253 g/mol. The number of halogens is 2. The van der Waals surface area contributed by atoms with E-state index < -0.39 is 17.5 Å². The molecule has 1 unspecified atom stereocenters. The van der Waals surface area contributed by atoms with Crippen molar-refractivity contribution in [2.24, 2.45) is 0 Å². The first-order valence-electron chi connectivity index (χ1n) is 6.28. The van der Waals surface area contributed by atoms with Gasteiger partial charge in [-0.1, -0.05) is 6.07 Å². The molecule has 98 valence electrons. The second-order valence-corrected chi connectivity index (χ2v) is 4.90. The van der Waals surface area contributed by atoms with Crippen molar-refractivity contribution in [1.82, 2.24) is 4.90 Å². The zero-order valence-electron chi connectivity index (χ0n) is 10.7. The van der Waals surface area contributed by atoms with Crippen molar-refractivity contribution in [3.8, 4) is 0 Å². The van der Waals surface area contributed by atoms with Crippen molar-refractivity contribution in [2.75, 3.05) is 6.54 Å². The number of nitrogens with zero attached hydrogens (tertiary/aromatic N) is 1. The highest BCUT2D eigenvalue weighted by Crippen LogP contribution is 2.22. The van der Waals surface area contributed by atoms with E-state index in [1.54, 1.807) is 4.90 Å². The van der Waals surface area contributed by atoms with Gasteiger partial charge in [0.25, 0.3) is 5.91 Å². The predicted molar refractivity (Wildman–Crippen MR) is 65.4 cm³/mol. The minimum absolute atomic E-state index is 0.0926. The number of likely N-dealkylation sites (tertiary alicyclic amines) is 1. The number of rotatable bonds is 1. The van der Waals surface area contributed by atoms with E-state index in [2.05, 4.69) is 0 Å². The van der Waals surface area contributed by atoms with E-state index in [0.717, 1.165) is 19.3 Å². The summed E-state index contributed by atoms with van der Waals surface area (Å²) in [5.74, 6) is -2.36. The first-order chi connectivity index (χ1) is 8.52. The molecule has 1 fully saturated rings. The molecule has 2 rings (SSSR count). The van der Waals surface area contributed by atoms with Crippen LogP contribution in [-0.4, -0.2) is 23.4 Å². The van der Waals surface area contributed by atoms with Crippen molar-refractivity contribution in [2.45, 2.75) is 39.2 Å². The van der Waals surface area contributed by atoms with Gasteiger partial charge in [0, 0.05) is 12.6 Å². The molecule has 1 aromatic carbocycles. The van der Waals surface area contributed by atoms with E-state index >= 15 is 0 Å². The summed E-state index contributed by atoms with van der Waals surface area (Å²) >= 11 is 0. The summed E-state index contributed by atoms with van der Waals surface area (Å²) in [5, 5.41) is 0. The standard InChI is InChI=1S/C14H17F2NO/c1-9-6-7-11(13(16)12(9)15)14(18)17-8-4-3-5-10(17)2/h6-7,10H,3-5,8H2,1-2H3. The number of hydrogen-bond acceptors (Lipinski definition) is 1. The van der Waals surface area contributed by atoms with Crippen LogP contribution in [0.4, 0.5) is 8.78 Å². The van der Waals surface area contributed by atoms with Gasteiger partial charge in [0.1, 0.15) is 0 Å². The third kappa shape index (κ3) is 2.24. The Balaban J connectivity index is 2.31. The van der Waals surface area contributed by atoms with Gasteiger partial charge in [-0.05, 0) is 44.7 Å². The maximum absolute atomic E-state index is 13.8. The largest absolute Gasteiger partial charge is 0.336 e. The average molecular weight is 253 g/mol. The Bertz CT molecular complexity index is 473. The zero-order chi connectivity index (χ0) is 13.3. The van der Waals surface area contributed by atoms with Crippen LogP contribution in [0.5, 0.6) is 0 Å². The Labute approximate surface area is 106 Å². The zero-order valence-corrected chi connectivity index (χ0v) is 10.7. The Morgan fingerprint density at radius 3 is 2.67 bits per heavy atom. The molecular formula is C14H17F2NO. The Hall–Kier alpha value is -1.45. The van der Waals surface area contributed by atoms with Crippen molar-refractivity contribution in [3.05, 3.63) is 34.9 Å². The smallest absolute Gasteiger partial charge is 0.257 e. The molecule has 1 aromatic rings. The molecular weight excluding hydrogens is 236 g/mol. The summed E-state index contributed by atoms with van der Waals surface area (Å²) in [6.07, 6.45) is 2.92. The highest BCUT2D eigenvalue weighted by Gasteiger charge is 2.27. The van der Waals surface area contributed by atoms with E-state index in [-0.39, 0.29) is 17.2 Å². The minimum Gasteiger partial charge on any atom is -0.336 e. The van der Waals surface area contributed by atoms with E-state index in [9.17, 15) is 13.6 Å². The maximum Gasteiger partial charge on any atom is 0.257 e. The molecule has 1 saturated heterocycles. The number of piperidine rings is 1. The van der Waals surface area contributed by atoms with Gasteiger partial charge in [0.2, 0.25) is 0 Å². The number of benzene rings is 1. The Morgan fingerprint density at radius 2 is 2.00 bits per heavy atom. The second kappa shape index (κ2) is 5.04. The van der Waals surface area contributed by atoms with Crippen LogP contribution in [0.25, 0.3) is 0 Å². The van der Waals surface area contributed by atoms with Gasteiger partial charge in [-0.2, -0.15) is 0 Å². The van der Waals surface area contributed by atoms with Crippen LogP contribution in [0.15, 0.2) is 12.1 Å². The fourth-order valence-electron chi connectivity index (χ4n) is 2.37. The number of carbonyl (C=O) groups excluding carboxylic acids is 1. The molecule has 18 heavy (non-hydrogen) atoms. The summed E-state index contributed by atoms with van der Waals surface area (Å²) in [6.45, 7) is 4.05. The predicted octanol–water partition coefficient (Wildman–Crippen LogP) is 3.29. The van der Waals surface area contributed by atoms with Crippen LogP contribution >= 0.6 is 0 Å². The molecule has 1 atom stereocenters. The van der Waals surface area contributed by atoms with Gasteiger partial charge in [0.05, 0.1) is 5.56 Å². The normalized spacial score (nSPS) is 20.0. The molecule has 0 N–H and O–H groups in total. The highest BCUT2D eigenvalue weighted by atomic mass is 19.2. The lowest BCUT2D eigenvalue weighted by Gasteiger charge is -2.33. The van der Waals surface area contributed by atoms with Gasteiger partial charge in [-0.25, -0.2) is 8.78 Å². The summed E-state index contributed by atoms with van der Waals surface area (Å²) in [5.41, 5.74) is 0.0580. The van der Waals surface area contributed by atoms with E-state index in [0.29, 0.717) is 6.54 Å². The highest BCUT2D eigenvalue weighted by molar-refractivity contribution is 5.94. The molecule has 4 heteroatoms. The third-order valence-electron chi connectivity index (χ3n) is 3.57. The fourth-order valence-corrected chi connectivity index (χ4v) is 2.37. The van der Waals surface area contributed by atoms with Crippen LogP contribution < -0.4 is 0 Å². The molecule has 1 aliphatic heterocycles. The molecule has 2 nitrogen and oxygen atoms in total. The van der Waals surface area contributed by atoms with Crippen molar-refractivity contribution < 1.29 is 13.6 Å². The molecule has 0 bridgehead atoms. The number of hydrogen-bond donors (Lipinski definition) is 0. The fraction of sp³-hybridized carbons (Fsp3) is 0.500. The van der Waals surface area contributed by atoms with Crippen molar-refractivity contribution in [3.63, 3.8) is 0 Å². The summed E-state index contributed by atoms with van der Waals surface area (Å²) in [7, 11) is 0. The SMILES string of the molecule is Cc1ccc(C(=O)N2CCCCC2C)c(F)c1F. The molecule has 0 spiro atoms. The lowest BCUT2D eigenvalue weighted by atomic mass is 10.0. The summed E-state index contributed by atoms with van der Waals surface area (Å²) in [6, 6.07) is 2.91. The van der Waals surface area contributed by atoms with Crippen LogP contribution in [0.3, 0.4) is 0 Å². The number of amides is 1. The summed E-state index contributed by atoms with van der Waals surface area (Å²) < 4.78 is 27.2. The molecule has 0 aliphatic carbocycles. The van der Waals surface area contributed by atoms with Crippen molar-refractivity contribution >= 4 is 5.91 Å². The molecule has 1 amide bonds. The van der Waals surface area contributed by atoms with E-state index in [1.165, 1.54) is 19.1 Å². The summed E-state index contributed by atoms with van der Waals surface area (Å²) in [4.78, 5) is 13.8. The van der Waals surface area contributed by atoms with Gasteiger partial charge in [-0.15, -0.1) is 0 Å². The van der Waals surface area contributed by atoms with E-state index in [4.69, 9.17) is 0 Å². The Kier molecular flexibility index (Phi) is 3.64. The molecule has 1 aliphatic rings. The quantitative estimate of drug-likeness (QED) is 0.752. The van der Waals surface area contributed by atoms with Crippen LogP contribution in [0.2, 0.25) is 0 Å². The Morgan fingerprint density at radius 1 is 1.28 bits per heavy atom. The van der Waals surface area contributed by atoms with E-state index in [1.807, 2.05) is 6.92 Å². The van der Waals surface area contributed by atoms with Gasteiger partial charge in [0.15, 0.2) is 11.6 Å². The first-order valence-corrected chi connectivity index (χ1v) is 6.28. The molecule has 1 heterocycles. The van der Waals surface area contributed by atoms with Crippen molar-refractivity contribution in [1.29, 1.82) is 0 Å². The first kappa shape index (κ1) is 13.0. The lowest BCUT2D eigenvalue weighted by Crippen LogP contribution is -2.42. The number of carbonyl (C=O) groups is 1. The number of aryl methyl sites for hydroxylation is 1. The van der Waals surface area contributed by atoms with Gasteiger partial charge in [-0.3, -0.25) is 4.79 Å². The maximum atomic E-state index is 13.8. The second-order valence-electron chi connectivity index (χ2n) is 4.90. The lowest BCUT2D eigenvalue weighted by molar-refractivity contribution is 0.0629. The van der Waals surface area contributed by atoms with Crippen LogP contribution in [-0.2, 0) is 0 Å². The molecule has 0 aromatic heterocycles. The van der Waals surface area contributed by atoms with Crippen LogP contribution in [0.1, 0.15) is 42.1 Å².